The molecule has 0 bridgehead atoms. The molecule has 0 aliphatic carbocycles. The van der Waals surface area contributed by atoms with Crippen LogP contribution in [-0.2, 0) is 20.8 Å². The van der Waals surface area contributed by atoms with E-state index in [1.165, 1.54) is 0 Å². The lowest BCUT2D eigenvalue weighted by Crippen LogP contribution is -2.59. The van der Waals surface area contributed by atoms with Crippen LogP contribution in [0.3, 0.4) is 0 Å². The van der Waals surface area contributed by atoms with Crippen LogP contribution in [-0.4, -0.2) is 66.9 Å². The molecule has 33 heavy (non-hydrogen) atoms. The number of carbonyl (C=O) groups excluding carboxylic acids is 3. The Kier molecular flexibility index (Phi) is 7.27. The van der Waals surface area contributed by atoms with Crippen molar-refractivity contribution in [3.8, 4) is 16.9 Å². The zero-order chi connectivity index (χ0) is 23.2. The summed E-state index contributed by atoms with van der Waals surface area (Å²) in [5.41, 5.74) is 3.08. The Morgan fingerprint density at radius 3 is 2.64 bits per heavy atom. The molecule has 2 aliphatic rings. The summed E-state index contributed by atoms with van der Waals surface area (Å²) in [5.74, 6) is 0.528. The molecule has 3 amide bonds. The summed E-state index contributed by atoms with van der Waals surface area (Å²) in [4.78, 5) is 41.6. The van der Waals surface area contributed by atoms with Crippen molar-refractivity contribution in [3.63, 3.8) is 0 Å². The second kappa shape index (κ2) is 10.5. The van der Waals surface area contributed by atoms with Gasteiger partial charge in [-0.05, 0) is 41.7 Å². The van der Waals surface area contributed by atoms with Crippen LogP contribution in [0.2, 0.25) is 0 Å². The Labute approximate surface area is 194 Å². The number of amides is 3. The summed E-state index contributed by atoms with van der Waals surface area (Å²) >= 11 is 0. The van der Waals surface area contributed by atoms with E-state index in [0.29, 0.717) is 32.5 Å². The highest BCUT2D eigenvalue weighted by molar-refractivity contribution is 5.91. The van der Waals surface area contributed by atoms with Crippen LogP contribution in [0.15, 0.2) is 48.5 Å². The minimum Gasteiger partial charge on any atom is -0.497 e. The van der Waals surface area contributed by atoms with E-state index in [4.69, 9.17) is 4.74 Å². The predicted molar refractivity (Wildman–Crippen MR) is 126 cm³/mol. The summed E-state index contributed by atoms with van der Waals surface area (Å²) in [5, 5.41) is 2.89. The molecule has 2 heterocycles. The highest BCUT2D eigenvalue weighted by atomic mass is 16.5. The van der Waals surface area contributed by atoms with Crippen LogP contribution in [0, 0.1) is 0 Å². The topological polar surface area (TPSA) is 79.0 Å². The largest absolute Gasteiger partial charge is 0.497 e. The average molecular weight is 450 g/mol. The molecule has 2 aromatic carbocycles. The van der Waals surface area contributed by atoms with Gasteiger partial charge >= 0.3 is 0 Å². The van der Waals surface area contributed by atoms with Crippen molar-refractivity contribution in [2.24, 2.45) is 0 Å². The van der Waals surface area contributed by atoms with Gasteiger partial charge in [-0.15, -0.1) is 0 Å². The van der Waals surface area contributed by atoms with Gasteiger partial charge < -0.3 is 19.9 Å². The fraction of sp³-hybridized carbons (Fsp3) is 0.423. The van der Waals surface area contributed by atoms with E-state index in [1.54, 1.807) is 16.9 Å². The molecule has 2 aliphatic heterocycles. The van der Waals surface area contributed by atoms with Crippen LogP contribution >= 0.6 is 0 Å². The summed E-state index contributed by atoms with van der Waals surface area (Å²) < 4.78 is 5.24. The van der Waals surface area contributed by atoms with Gasteiger partial charge in [0.15, 0.2) is 0 Å². The lowest BCUT2D eigenvalue weighted by atomic mass is 9.97. The zero-order valence-electron chi connectivity index (χ0n) is 19.1. The van der Waals surface area contributed by atoms with Crippen molar-refractivity contribution >= 4 is 17.7 Å². The third kappa shape index (κ3) is 5.53. The molecule has 0 radical (unpaired) electrons. The lowest BCUT2D eigenvalue weighted by molar-refractivity contribution is -0.146. The number of nitrogens with zero attached hydrogens (tertiary/aromatic N) is 2. The highest BCUT2D eigenvalue weighted by Crippen LogP contribution is 2.24. The van der Waals surface area contributed by atoms with E-state index in [0.717, 1.165) is 41.7 Å². The number of methoxy groups -OCH3 is 1. The van der Waals surface area contributed by atoms with Crippen LogP contribution in [0.5, 0.6) is 5.75 Å². The molecule has 0 unspecified atom stereocenters. The van der Waals surface area contributed by atoms with Crippen molar-refractivity contribution < 1.29 is 19.1 Å². The second-order valence-electron chi connectivity index (χ2n) is 8.65. The summed E-state index contributed by atoms with van der Waals surface area (Å²) in [6.45, 7) is 1.55. The minimum absolute atomic E-state index is 0.0334. The molecule has 0 saturated carbocycles. The molecule has 1 N–H and O–H groups in total. The Balaban J connectivity index is 1.49. The first kappa shape index (κ1) is 22.8. The van der Waals surface area contributed by atoms with Gasteiger partial charge in [0, 0.05) is 32.5 Å². The number of nitrogens with one attached hydrogen (secondary N) is 1. The van der Waals surface area contributed by atoms with E-state index >= 15 is 0 Å². The Morgan fingerprint density at radius 1 is 1.03 bits per heavy atom. The minimum atomic E-state index is -0.584. The number of piperazine rings is 1. The van der Waals surface area contributed by atoms with Gasteiger partial charge in [-0.25, -0.2) is 0 Å². The molecule has 0 aromatic heterocycles. The van der Waals surface area contributed by atoms with Crippen molar-refractivity contribution in [2.45, 2.75) is 38.1 Å². The number of hydrogen-bond donors (Lipinski definition) is 1. The van der Waals surface area contributed by atoms with Crippen molar-refractivity contribution in [3.05, 3.63) is 54.1 Å². The molecule has 0 spiro atoms. The quantitative estimate of drug-likeness (QED) is 0.735. The molecule has 4 rings (SSSR count). The van der Waals surface area contributed by atoms with Crippen LogP contribution in [0.4, 0.5) is 0 Å². The third-order valence-corrected chi connectivity index (χ3v) is 6.43. The summed E-state index contributed by atoms with van der Waals surface area (Å²) in [7, 11) is 1.64. The van der Waals surface area contributed by atoms with Gasteiger partial charge in [-0.2, -0.15) is 0 Å². The predicted octanol–water partition coefficient (Wildman–Crippen LogP) is 2.63. The average Bonchev–Trinajstić information content (AvgIpc) is 3.04. The molecule has 2 fully saturated rings. The van der Waals surface area contributed by atoms with E-state index in [-0.39, 0.29) is 24.3 Å². The van der Waals surface area contributed by atoms with Gasteiger partial charge in [0.25, 0.3) is 0 Å². The maximum absolute atomic E-state index is 13.2. The maximum atomic E-state index is 13.2. The van der Waals surface area contributed by atoms with Gasteiger partial charge in [0.05, 0.1) is 13.7 Å². The van der Waals surface area contributed by atoms with Crippen molar-refractivity contribution in [1.82, 2.24) is 15.1 Å². The number of ether oxygens (including phenoxy) is 1. The zero-order valence-corrected chi connectivity index (χ0v) is 19.1. The number of benzene rings is 2. The number of hydrogen-bond acceptors (Lipinski definition) is 4. The third-order valence-electron chi connectivity index (χ3n) is 6.43. The monoisotopic (exact) mass is 449 g/mol. The molecule has 2 aromatic rings. The first-order valence-electron chi connectivity index (χ1n) is 11.6. The summed E-state index contributed by atoms with van der Waals surface area (Å²) in [6, 6.07) is 15.3. The molecular weight excluding hydrogens is 418 g/mol. The first-order chi connectivity index (χ1) is 16.0. The molecule has 1 atom stereocenters. The first-order valence-corrected chi connectivity index (χ1v) is 11.6. The van der Waals surface area contributed by atoms with Gasteiger partial charge in [-0.3, -0.25) is 14.4 Å². The molecule has 2 saturated heterocycles. The van der Waals surface area contributed by atoms with Crippen LogP contribution < -0.4 is 10.1 Å². The van der Waals surface area contributed by atoms with E-state index in [9.17, 15) is 14.4 Å². The van der Waals surface area contributed by atoms with Gasteiger partial charge in [0.2, 0.25) is 17.7 Å². The van der Waals surface area contributed by atoms with E-state index in [2.05, 4.69) is 11.4 Å². The van der Waals surface area contributed by atoms with Gasteiger partial charge in [-0.1, -0.05) is 42.8 Å². The molecular formula is C26H31N3O4. The standard InChI is InChI=1S/C26H31N3O4/c1-33-22-11-9-20(10-12-22)21-7-5-6-19(16-21)17-23-26(32)27-13-15-29(23)25(31)18-28-14-4-2-3-8-24(28)30/h5-7,9-12,16,23H,2-4,8,13-15,17-18H2,1H3,(H,27,32)/t23-/m1/s1. The number of rotatable bonds is 6. The van der Waals surface area contributed by atoms with E-state index < -0.39 is 6.04 Å². The molecule has 7 nitrogen and oxygen atoms in total. The van der Waals surface area contributed by atoms with Crippen LogP contribution in [0.1, 0.15) is 31.2 Å². The highest BCUT2D eigenvalue weighted by Gasteiger charge is 2.34. The summed E-state index contributed by atoms with van der Waals surface area (Å²) in [6.07, 6.45) is 3.73. The van der Waals surface area contributed by atoms with Crippen molar-refractivity contribution in [2.75, 3.05) is 33.3 Å². The van der Waals surface area contributed by atoms with Crippen LogP contribution in [0.25, 0.3) is 11.1 Å². The second-order valence-corrected chi connectivity index (χ2v) is 8.65. The van der Waals surface area contributed by atoms with E-state index in [1.807, 2.05) is 42.5 Å². The Bertz CT molecular complexity index is 1000. The smallest absolute Gasteiger partial charge is 0.243 e. The maximum Gasteiger partial charge on any atom is 0.243 e. The molecule has 174 valence electrons. The number of likely N-dealkylation sites (tertiary alicyclic amines) is 1. The lowest BCUT2D eigenvalue weighted by Gasteiger charge is -2.36. The fourth-order valence-corrected chi connectivity index (χ4v) is 4.56. The normalized spacial score (nSPS) is 19.1. The number of carbonyl (C=O) groups is 3. The Morgan fingerprint density at radius 2 is 1.85 bits per heavy atom. The SMILES string of the molecule is COc1ccc(-c2cccc(C[C@@H]3C(=O)NCCN3C(=O)CN3CCCCCC3=O)c2)cc1. The van der Waals surface area contributed by atoms with Gasteiger partial charge in [0.1, 0.15) is 11.8 Å². The molecule has 7 heteroatoms. The fourth-order valence-electron chi connectivity index (χ4n) is 4.56. The van der Waals surface area contributed by atoms with Crippen molar-refractivity contribution in [1.29, 1.82) is 0 Å². The Hall–Kier alpha value is -3.35.